The lowest BCUT2D eigenvalue weighted by molar-refractivity contribution is -0.143. The lowest BCUT2D eigenvalue weighted by Gasteiger charge is -2.36. The summed E-state index contributed by atoms with van der Waals surface area (Å²) < 4.78 is 5.19. The number of piperidine rings is 1. The third kappa shape index (κ3) is 2.84. The van der Waals surface area contributed by atoms with E-state index in [2.05, 4.69) is 4.90 Å². The van der Waals surface area contributed by atoms with E-state index in [-0.39, 0.29) is 0 Å². The van der Waals surface area contributed by atoms with Gasteiger partial charge in [0.05, 0.1) is 0 Å². The van der Waals surface area contributed by atoms with Crippen molar-refractivity contribution in [3.05, 3.63) is 0 Å². The number of carboxylic acids is 1. The van der Waals surface area contributed by atoms with Gasteiger partial charge in [0.2, 0.25) is 0 Å². The fraction of sp³-hybridized carbons (Fsp3) is 0.923. The van der Waals surface area contributed by atoms with Crippen LogP contribution in [0, 0.1) is 5.92 Å². The molecule has 5 nitrogen and oxygen atoms in total. The summed E-state index contributed by atoms with van der Waals surface area (Å²) in [7, 11) is 1.75. The summed E-state index contributed by atoms with van der Waals surface area (Å²) in [6, 6.07) is 0.356. The van der Waals surface area contributed by atoms with Gasteiger partial charge in [0.15, 0.2) is 0 Å². The molecule has 1 heterocycles. The van der Waals surface area contributed by atoms with E-state index >= 15 is 0 Å². The summed E-state index contributed by atoms with van der Waals surface area (Å²) in [5, 5.41) is 9.14. The number of hydrogen-bond donors (Lipinski definition) is 2. The van der Waals surface area contributed by atoms with Crippen LogP contribution in [0.3, 0.4) is 0 Å². The van der Waals surface area contributed by atoms with Crippen LogP contribution in [0.5, 0.6) is 0 Å². The largest absolute Gasteiger partial charge is 0.480 e. The zero-order valence-electron chi connectivity index (χ0n) is 11.1. The molecule has 2 unspecified atom stereocenters. The van der Waals surface area contributed by atoms with E-state index in [1.807, 2.05) is 0 Å². The molecule has 18 heavy (non-hydrogen) atoms. The molecule has 0 radical (unpaired) electrons. The van der Waals surface area contributed by atoms with Crippen LogP contribution in [-0.2, 0) is 9.53 Å². The number of carbonyl (C=O) groups is 1. The highest BCUT2D eigenvalue weighted by Gasteiger charge is 2.44. The summed E-state index contributed by atoms with van der Waals surface area (Å²) in [6.45, 7) is 2.94. The molecule has 0 aromatic rings. The molecule has 2 rings (SSSR count). The molecule has 1 saturated carbocycles. The van der Waals surface area contributed by atoms with E-state index < -0.39 is 11.5 Å². The minimum Gasteiger partial charge on any atom is -0.480 e. The number of nitrogens with two attached hydrogens (primary N) is 1. The molecule has 0 bridgehead atoms. The van der Waals surface area contributed by atoms with Crippen molar-refractivity contribution in [2.45, 2.75) is 43.7 Å². The lowest BCUT2D eigenvalue weighted by atomic mass is 9.95. The van der Waals surface area contributed by atoms with Crippen LogP contribution >= 0.6 is 0 Å². The van der Waals surface area contributed by atoms with Gasteiger partial charge >= 0.3 is 5.97 Å². The molecule has 0 aromatic carbocycles. The van der Waals surface area contributed by atoms with Gasteiger partial charge in [-0.15, -0.1) is 0 Å². The predicted molar refractivity (Wildman–Crippen MR) is 68.4 cm³/mol. The van der Waals surface area contributed by atoms with Crippen molar-refractivity contribution in [2.24, 2.45) is 11.7 Å². The van der Waals surface area contributed by atoms with Gasteiger partial charge in [0, 0.05) is 19.8 Å². The number of likely N-dealkylation sites (tertiary alicyclic amines) is 1. The Labute approximate surface area is 108 Å². The van der Waals surface area contributed by atoms with Gasteiger partial charge in [-0.25, -0.2) is 0 Å². The van der Waals surface area contributed by atoms with Crippen LogP contribution in [0.4, 0.5) is 0 Å². The number of rotatable bonds is 4. The number of nitrogens with zero attached hydrogens (tertiary/aromatic N) is 1. The average molecular weight is 256 g/mol. The third-order valence-corrected chi connectivity index (χ3v) is 4.52. The summed E-state index contributed by atoms with van der Waals surface area (Å²) in [4.78, 5) is 13.5. The maximum Gasteiger partial charge on any atom is 0.323 e. The molecule has 1 aliphatic carbocycles. The normalized spacial score (nSPS) is 34.9. The Morgan fingerprint density at radius 2 is 2.11 bits per heavy atom. The van der Waals surface area contributed by atoms with Gasteiger partial charge < -0.3 is 20.5 Å². The third-order valence-electron chi connectivity index (χ3n) is 4.52. The first-order valence-corrected chi connectivity index (χ1v) is 6.80. The van der Waals surface area contributed by atoms with Crippen molar-refractivity contribution in [3.8, 4) is 0 Å². The molecule has 5 heteroatoms. The maximum atomic E-state index is 11.1. The average Bonchev–Trinajstić information content (AvgIpc) is 2.75. The summed E-state index contributed by atoms with van der Waals surface area (Å²) in [5.74, 6) is -0.186. The Kier molecular flexibility index (Phi) is 4.25. The minimum atomic E-state index is -0.992. The Balaban J connectivity index is 1.83. The summed E-state index contributed by atoms with van der Waals surface area (Å²) in [5.41, 5.74) is 4.94. The van der Waals surface area contributed by atoms with Gasteiger partial charge in [-0.05, 0) is 51.1 Å². The minimum absolute atomic E-state index is 0.356. The van der Waals surface area contributed by atoms with Crippen molar-refractivity contribution in [2.75, 3.05) is 26.8 Å². The smallest absolute Gasteiger partial charge is 0.323 e. The number of aliphatic carboxylic acids is 1. The zero-order valence-corrected chi connectivity index (χ0v) is 11.1. The second kappa shape index (κ2) is 5.55. The fourth-order valence-corrected chi connectivity index (χ4v) is 3.28. The van der Waals surface area contributed by atoms with Gasteiger partial charge in [0.25, 0.3) is 0 Å². The van der Waals surface area contributed by atoms with Crippen LogP contribution in [0.1, 0.15) is 32.1 Å². The van der Waals surface area contributed by atoms with Crippen molar-refractivity contribution < 1.29 is 14.6 Å². The van der Waals surface area contributed by atoms with Gasteiger partial charge in [-0.3, -0.25) is 4.79 Å². The van der Waals surface area contributed by atoms with Crippen LogP contribution < -0.4 is 5.73 Å². The second-order valence-electron chi connectivity index (χ2n) is 5.79. The number of ether oxygens (including phenoxy) is 1. The van der Waals surface area contributed by atoms with Crippen molar-refractivity contribution in [1.29, 1.82) is 0 Å². The molecule has 2 fully saturated rings. The Hall–Kier alpha value is -0.650. The van der Waals surface area contributed by atoms with Gasteiger partial charge in [-0.2, -0.15) is 0 Å². The number of carboxylic acid groups (broad SMARTS) is 1. The molecule has 1 aliphatic heterocycles. The van der Waals surface area contributed by atoms with E-state index in [0.717, 1.165) is 39.0 Å². The maximum absolute atomic E-state index is 11.1. The second-order valence-corrected chi connectivity index (χ2v) is 5.79. The Morgan fingerprint density at radius 3 is 2.61 bits per heavy atom. The first-order chi connectivity index (χ1) is 8.55. The van der Waals surface area contributed by atoms with E-state index in [0.29, 0.717) is 24.8 Å². The van der Waals surface area contributed by atoms with Gasteiger partial charge in [-0.1, -0.05) is 0 Å². The van der Waals surface area contributed by atoms with E-state index in [9.17, 15) is 4.79 Å². The molecular formula is C13H24N2O3. The molecule has 3 N–H and O–H groups in total. The number of methoxy groups -OCH3 is 1. The summed E-state index contributed by atoms with van der Waals surface area (Å²) in [6.07, 6.45) is 4.41. The highest BCUT2D eigenvalue weighted by atomic mass is 16.5. The Morgan fingerprint density at radius 1 is 1.44 bits per heavy atom. The zero-order chi connectivity index (χ0) is 13.2. The van der Waals surface area contributed by atoms with Crippen LogP contribution in [-0.4, -0.2) is 54.4 Å². The summed E-state index contributed by atoms with van der Waals surface area (Å²) >= 11 is 0. The lowest BCUT2D eigenvalue weighted by Crippen LogP contribution is -2.48. The quantitative estimate of drug-likeness (QED) is 0.773. The predicted octanol–water partition coefficient (Wildman–Crippen LogP) is 0.679. The first-order valence-electron chi connectivity index (χ1n) is 6.80. The molecule has 1 saturated heterocycles. The van der Waals surface area contributed by atoms with Crippen molar-refractivity contribution in [3.63, 3.8) is 0 Å². The standard InChI is InChI=1S/C13H24N2O3/c1-18-9-10-3-6-15(7-4-10)11-2-5-13(14,8-11)12(16)17/h10-11H,2-9,14H2,1H3,(H,16,17). The molecule has 2 aliphatic rings. The molecule has 104 valence electrons. The molecule has 0 aromatic heterocycles. The highest BCUT2D eigenvalue weighted by Crippen LogP contribution is 2.33. The van der Waals surface area contributed by atoms with E-state index in [4.69, 9.17) is 15.6 Å². The first kappa shape index (κ1) is 13.8. The molecule has 0 spiro atoms. The monoisotopic (exact) mass is 256 g/mol. The van der Waals surface area contributed by atoms with Crippen molar-refractivity contribution >= 4 is 5.97 Å². The van der Waals surface area contributed by atoms with E-state index in [1.165, 1.54) is 0 Å². The molecule has 0 amide bonds. The van der Waals surface area contributed by atoms with Crippen LogP contribution in [0.25, 0.3) is 0 Å². The van der Waals surface area contributed by atoms with Crippen LogP contribution in [0.15, 0.2) is 0 Å². The Bertz CT molecular complexity index is 303. The number of hydrogen-bond acceptors (Lipinski definition) is 4. The topological polar surface area (TPSA) is 75.8 Å². The molecule has 2 atom stereocenters. The molecular weight excluding hydrogens is 232 g/mol. The highest BCUT2D eigenvalue weighted by molar-refractivity contribution is 5.79. The fourth-order valence-electron chi connectivity index (χ4n) is 3.28. The van der Waals surface area contributed by atoms with Crippen LogP contribution in [0.2, 0.25) is 0 Å². The SMILES string of the molecule is COCC1CCN(C2CCC(N)(C(=O)O)C2)CC1. The van der Waals surface area contributed by atoms with Crippen molar-refractivity contribution in [1.82, 2.24) is 4.90 Å². The van der Waals surface area contributed by atoms with Gasteiger partial charge in [0.1, 0.15) is 5.54 Å². The van der Waals surface area contributed by atoms with E-state index in [1.54, 1.807) is 7.11 Å².